The van der Waals surface area contributed by atoms with Gasteiger partial charge in [0.05, 0.1) is 17.5 Å². The monoisotopic (exact) mass is 469 g/mol. The highest BCUT2D eigenvalue weighted by Gasteiger charge is 2.44. The lowest BCUT2D eigenvalue weighted by Crippen LogP contribution is -2.55. The number of rotatable bonds is 8. The molecule has 4 N–H and O–H groups in total. The minimum absolute atomic E-state index is 0.0550. The number of thioether (sulfide) groups is 1. The second-order valence-electron chi connectivity index (χ2n) is 8.68. The Hall–Kier alpha value is -2.78. The molecule has 1 aliphatic heterocycles. The molecule has 0 saturated carbocycles. The number of H-pyrrole nitrogens is 1. The minimum atomic E-state index is -0.474. The van der Waals surface area contributed by atoms with Gasteiger partial charge < -0.3 is 16.0 Å². The van der Waals surface area contributed by atoms with Gasteiger partial charge in [-0.2, -0.15) is 0 Å². The highest BCUT2D eigenvalue weighted by molar-refractivity contribution is 7.99. The molecule has 2 aromatic rings. The Labute approximate surface area is 197 Å². The van der Waals surface area contributed by atoms with E-state index in [9.17, 15) is 14.4 Å². The van der Waals surface area contributed by atoms with Crippen molar-refractivity contribution in [2.75, 3.05) is 31.3 Å². The van der Waals surface area contributed by atoms with Crippen LogP contribution in [0, 0.1) is 5.92 Å². The number of piperidine rings is 1. The van der Waals surface area contributed by atoms with Crippen molar-refractivity contribution in [1.29, 1.82) is 0 Å². The molecule has 2 heterocycles. The van der Waals surface area contributed by atoms with E-state index in [1.165, 1.54) is 33.2 Å². The number of primary amides is 1. The Balaban J connectivity index is 1.62. The lowest BCUT2D eigenvalue weighted by molar-refractivity contribution is -0.134. The molecule has 2 aliphatic rings. The van der Waals surface area contributed by atoms with Crippen molar-refractivity contribution in [2.45, 2.75) is 31.7 Å². The summed E-state index contributed by atoms with van der Waals surface area (Å²) in [7, 11) is 0. The highest BCUT2D eigenvalue weighted by Crippen LogP contribution is 2.45. The van der Waals surface area contributed by atoms with Crippen LogP contribution >= 0.6 is 11.8 Å². The number of nitrogens with zero attached hydrogens (tertiary/aromatic N) is 2. The molecule has 8 nitrogen and oxygen atoms in total. The number of imide groups is 1. The van der Waals surface area contributed by atoms with Gasteiger partial charge in [-0.25, -0.2) is 4.79 Å². The number of benzene rings is 1. The molecule has 1 aliphatic carbocycles. The summed E-state index contributed by atoms with van der Waals surface area (Å²) in [6.45, 7) is 7.40. The van der Waals surface area contributed by atoms with Gasteiger partial charge in [0.15, 0.2) is 0 Å². The number of hydrogen-bond donors (Lipinski definition) is 3. The molecule has 176 valence electrons. The summed E-state index contributed by atoms with van der Waals surface area (Å²) in [6.07, 6.45) is 5.57. The van der Waals surface area contributed by atoms with Crippen LogP contribution in [-0.2, 0) is 16.0 Å². The summed E-state index contributed by atoms with van der Waals surface area (Å²) in [6, 6.07) is 6.16. The van der Waals surface area contributed by atoms with Gasteiger partial charge in [0.1, 0.15) is 0 Å². The largest absolute Gasteiger partial charge is 0.369 e. The second-order valence-corrected chi connectivity index (χ2v) is 9.64. The molecule has 0 spiro atoms. The normalized spacial score (nSPS) is 21.9. The van der Waals surface area contributed by atoms with Crippen LogP contribution < -0.4 is 11.1 Å². The molecule has 0 radical (unpaired) electrons. The third kappa shape index (κ3) is 4.65. The molecule has 1 saturated heterocycles. The smallest absolute Gasteiger partial charge is 0.324 e. The summed E-state index contributed by atoms with van der Waals surface area (Å²) in [5, 5.41) is 3.99. The van der Waals surface area contributed by atoms with Crippen LogP contribution in [0.3, 0.4) is 0 Å². The van der Waals surface area contributed by atoms with Crippen molar-refractivity contribution in [2.24, 2.45) is 11.7 Å². The topological polar surface area (TPSA) is 112 Å². The van der Waals surface area contributed by atoms with Crippen LogP contribution in [0.5, 0.6) is 0 Å². The van der Waals surface area contributed by atoms with Gasteiger partial charge in [0.2, 0.25) is 11.8 Å². The first-order chi connectivity index (χ1) is 15.9. The van der Waals surface area contributed by atoms with E-state index in [4.69, 9.17) is 5.73 Å². The summed E-state index contributed by atoms with van der Waals surface area (Å²) in [4.78, 5) is 44.4. The molecule has 9 heteroatoms. The number of urea groups is 1. The number of amides is 4. The molecular formula is C24H31N5O3S. The fourth-order valence-electron chi connectivity index (χ4n) is 5.28. The van der Waals surface area contributed by atoms with Crippen LogP contribution in [0.4, 0.5) is 4.79 Å². The van der Waals surface area contributed by atoms with Crippen LogP contribution in [0.1, 0.15) is 30.4 Å². The van der Waals surface area contributed by atoms with Crippen LogP contribution in [0.15, 0.2) is 37.1 Å². The molecule has 1 aromatic heterocycles. The zero-order valence-corrected chi connectivity index (χ0v) is 19.7. The van der Waals surface area contributed by atoms with Gasteiger partial charge in [-0.1, -0.05) is 18.2 Å². The molecule has 1 unspecified atom stereocenters. The lowest BCUT2D eigenvalue weighted by Gasteiger charge is -2.47. The summed E-state index contributed by atoms with van der Waals surface area (Å²) in [5.74, 6) is -0.680. The Morgan fingerprint density at radius 2 is 2.21 bits per heavy atom. The quantitative estimate of drug-likeness (QED) is 0.406. The second kappa shape index (κ2) is 10.0. The maximum absolute atomic E-state index is 13.6. The standard InChI is InChI=1S/C24H31N5O3S/c1-3-8-28-12-16(23(31)29(24(32)26-4-2)14-33-13-21(25)30)9-18-17-6-5-7-19-22(17)15(11-27-19)10-20(18)28/h3,5-7,11,16,18,20,27H,1,4,8-10,12-14H2,2H3,(H2,25,30)(H,26,32)/t16-,18?,20-/m1/s1. The third-order valence-electron chi connectivity index (χ3n) is 6.59. The number of nitrogens with two attached hydrogens (primary N) is 1. The number of likely N-dealkylation sites (tertiary alicyclic amines) is 1. The Morgan fingerprint density at radius 1 is 1.39 bits per heavy atom. The maximum atomic E-state index is 13.6. The predicted molar refractivity (Wildman–Crippen MR) is 131 cm³/mol. The third-order valence-corrected chi connectivity index (χ3v) is 7.52. The van der Waals surface area contributed by atoms with Gasteiger partial charge in [0.25, 0.3) is 0 Å². The van der Waals surface area contributed by atoms with E-state index in [1.54, 1.807) is 0 Å². The summed E-state index contributed by atoms with van der Waals surface area (Å²) in [5.41, 5.74) is 8.94. The first-order valence-corrected chi connectivity index (χ1v) is 12.5. The Morgan fingerprint density at radius 3 is 2.94 bits per heavy atom. The maximum Gasteiger partial charge on any atom is 0.324 e. The van der Waals surface area contributed by atoms with Gasteiger partial charge in [-0.05, 0) is 37.0 Å². The van der Waals surface area contributed by atoms with Gasteiger partial charge >= 0.3 is 6.03 Å². The van der Waals surface area contributed by atoms with E-state index in [0.29, 0.717) is 26.1 Å². The number of hydrogen-bond acceptors (Lipinski definition) is 5. The van der Waals surface area contributed by atoms with Gasteiger partial charge in [-0.3, -0.25) is 19.4 Å². The fraction of sp³-hybridized carbons (Fsp3) is 0.458. The molecule has 3 atom stereocenters. The van der Waals surface area contributed by atoms with E-state index >= 15 is 0 Å². The zero-order chi connectivity index (χ0) is 23.5. The number of aromatic nitrogens is 1. The van der Waals surface area contributed by atoms with E-state index in [0.717, 1.165) is 11.9 Å². The molecule has 0 bridgehead atoms. The van der Waals surface area contributed by atoms with Gasteiger partial charge in [-0.15, -0.1) is 18.3 Å². The molecular weight excluding hydrogens is 438 g/mol. The number of nitrogens with one attached hydrogen (secondary N) is 2. The highest BCUT2D eigenvalue weighted by atomic mass is 32.2. The van der Waals surface area contributed by atoms with E-state index < -0.39 is 11.9 Å². The van der Waals surface area contributed by atoms with Crippen LogP contribution in [0.25, 0.3) is 10.9 Å². The van der Waals surface area contributed by atoms with E-state index in [-0.39, 0.29) is 35.4 Å². The summed E-state index contributed by atoms with van der Waals surface area (Å²) >= 11 is 1.17. The van der Waals surface area contributed by atoms with Crippen molar-refractivity contribution in [1.82, 2.24) is 20.1 Å². The van der Waals surface area contributed by atoms with E-state index in [2.05, 4.69) is 46.2 Å². The average molecular weight is 470 g/mol. The van der Waals surface area contributed by atoms with Crippen LogP contribution in [0.2, 0.25) is 0 Å². The molecule has 4 rings (SSSR count). The number of fused-ring (bicyclic) bond motifs is 2. The Kier molecular flexibility index (Phi) is 7.09. The van der Waals surface area contributed by atoms with Crippen molar-refractivity contribution in [3.8, 4) is 0 Å². The fourth-order valence-corrected chi connectivity index (χ4v) is 6.00. The van der Waals surface area contributed by atoms with Crippen molar-refractivity contribution < 1.29 is 14.4 Å². The minimum Gasteiger partial charge on any atom is -0.369 e. The molecule has 4 amide bonds. The number of aromatic amines is 1. The van der Waals surface area contributed by atoms with Crippen LogP contribution in [-0.4, -0.2) is 69.9 Å². The number of carbonyl (C=O) groups excluding carboxylic acids is 3. The Bertz CT molecular complexity index is 1070. The van der Waals surface area contributed by atoms with Crippen molar-refractivity contribution >= 4 is 40.5 Å². The lowest BCUT2D eigenvalue weighted by atomic mass is 9.72. The van der Waals surface area contributed by atoms with Crippen molar-refractivity contribution in [3.05, 3.63) is 48.2 Å². The zero-order valence-electron chi connectivity index (χ0n) is 18.9. The first-order valence-electron chi connectivity index (χ1n) is 11.3. The van der Waals surface area contributed by atoms with Crippen molar-refractivity contribution in [3.63, 3.8) is 0 Å². The SMILES string of the molecule is C=CCN1C[C@H](C(=O)N(CSCC(N)=O)C(=O)NCC)CC2c3cccc4[nH]cc(c34)C[C@H]21. The molecule has 1 aromatic carbocycles. The first kappa shape index (κ1) is 23.4. The van der Waals surface area contributed by atoms with Gasteiger partial charge in [0, 0.05) is 48.7 Å². The van der Waals surface area contributed by atoms with E-state index in [1.807, 2.05) is 13.0 Å². The number of carbonyl (C=O) groups is 3. The summed E-state index contributed by atoms with van der Waals surface area (Å²) < 4.78 is 0. The molecule has 1 fully saturated rings. The average Bonchev–Trinajstić information content (AvgIpc) is 3.21. The molecule has 33 heavy (non-hydrogen) atoms. The predicted octanol–water partition coefficient (Wildman–Crippen LogP) is 2.42.